The Morgan fingerprint density at radius 1 is 1.30 bits per heavy atom. The van der Waals surface area contributed by atoms with Gasteiger partial charge in [-0.1, -0.05) is 35.5 Å². The molecule has 3 aromatic rings. The van der Waals surface area contributed by atoms with Gasteiger partial charge in [-0.05, 0) is 29.8 Å². The molecule has 136 valence electrons. The lowest BCUT2D eigenvalue weighted by Crippen LogP contribution is -2.20. The SMILES string of the molecule is Cn1c(SCC(=O)c2cc3c(cc2Cl)NC(=O)C3)nc2ccccc2c1=O. The quantitative estimate of drug-likeness (QED) is 0.414. The number of hydrogen-bond acceptors (Lipinski definition) is 5. The van der Waals surface area contributed by atoms with Crippen LogP contribution in [0.1, 0.15) is 15.9 Å². The van der Waals surface area contributed by atoms with E-state index >= 15 is 0 Å². The maximum atomic E-state index is 12.7. The lowest BCUT2D eigenvalue weighted by molar-refractivity contribution is -0.115. The minimum Gasteiger partial charge on any atom is -0.325 e. The molecule has 8 heteroatoms. The van der Waals surface area contributed by atoms with E-state index in [1.807, 2.05) is 6.07 Å². The molecule has 27 heavy (non-hydrogen) atoms. The van der Waals surface area contributed by atoms with Gasteiger partial charge < -0.3 is 5.32 Å². The van der Waals surface area contributed by atoms with Gasteiger partial charge in [0, 0.05) is 18.3 Å². The second-order valence-corrected chi connectivity index (χ2v) is 7.55. The molecule has 1 aliphatic rings. The van der Waals surface area contributed by atoms with Crippen molar-refractivity contribution in [3.05, 3.63) is 62.9 Å². The first-order valence-corrected chi connectivity index (χ1v) is 9.54. The molecular formula is C19H14ClN3O3S. The third-order valence-electron chi connectivity index (χ3n) is 4.39. The Balaban J connectivity index is 1.60. The monoisotopic (exact) mass is 399 g/mol. The minimum absolute atomic E-state index is 0.0818. The summed E-state index contributed by atoms with van der Waals surface area (Å²) in [6.45, 7) is 0. The lowest BCUT2D eigenvalue weighted by Gasteiger charge is -2.09. The number of halogens is 1. The standard InChI is InChI=1S/C19H14ClN3O3S/c1-23-18(26)11-4-2-3-5-14(11)22-19(23)27-9-16(24)12-6-10-7-17(25)21-15(10)8-13(12)20/h2-6,8H,7,9H2,1H3,(H,21,25). The second kappa shape index (κ2) is 6.83. The summed E-state index contributed by atoms with van der Waals surface area (Å²) in [6, 6.07) is 10.4. The van der Waals surface area contributed by atoms with Crippen molar-refractivity contribution in [1.29, 1.82) is 0 Å². The number of carbonyl (C=O) groups is 2. The molecule has 2 aromatic carbocycles. The van der Waals surface area contributed by atoms with E-state index in [1.54, 1.807) is 37.4 Å². The van der Waals surface area contributed by atoms with Gasteiger partial charge in [0.1, 0.15) is 0 Å². The number of ketones is 1. The lowest BCUT2D eigenvalue weighted by atomic mass is 10.1. The molecule has 0 saturated carbocycles. The number of fused-ring (bicyclic) bond motifs is 2. The van der Waals surface area contributed by atoms with Crippen molar-refractivity contribution >= 4 is 51.6 Å². The topological polar surface area (TPSA) is 81.1 Å². The smallest absolute Gasteiger partial charge is 0.261 e. The number of para-hydroxylation sites is 1. The maximum absolute atomic E-state index is 12.7. The molecule has 1 N–H and O–H groups in total. The van der Waals surface area contributed by atoms with Crippen LogP contribution < -0.4 is 10.9 Å². The third-order valence-corrected chi connectivity index (χ3v) is 5.74. The molecule has 0 radical (unpaired) electrons. The Bertz CT molecular complexity index is 1170. The highest BCUT2D eigenvalue weighted by Gasteiger charge is 2.22. The fraction of sp³-hybridized carbons (Fsp3) is 0.158. The van der Waals surface area contributed by atoms with Crippen molar-refractivity contribution < 1.29 is 9.59 Å². The van der Waals surface area contributed by atoms with E-state index in [2.05, 4.69) is 10.3 Å². The summed E-state index contributed by atoms with van der Waals surface area (Å²) in [6.07, 6.45) is 0.237. The first kappa shape index (κ1) is 17.8. The minimum atomic E-state index is -0.186. The highest BCUT2D eigenvalue weighted by Crippen LogP contribution is 2.31. The maximum Gasteiger partial charge on any atom is 0.261 e. The molecule has 1 amide bonds. The van der Waals surface area contributed by atoms with Crippen LogP contribution in [0.15, 0.2) is 46.3 Å². The molecule has 4 rings (SSSR count). The van der Waals surface area contributed by atoms with Gasteiger partial charge in [-0.2, -0.15) is 0 Å². The number of carbonyl (C=O) groups excluding carboxylic acids is 2. The molecule has 0 bridgehead atoms. The van der Waals surface area contributed by atoms with Crippen molar-refractivity contribution in [3.63, 3.8) is 0 Å². The number of nitrogens with zero attached hydrogens (tertiary/aromatic N) is 2. The molecule has 0 spiro atoms. The molecule has 0 saturated heterocycles. The van der Waals surface area contributed by atoms with Gasteiger partial charge in [0.05, 0.1) is 28.1 Å². The van der Waals surface area contributed by atoms with Gasteiger partial charge in [-0.15, -0.1) is 0 Å². The van der Waals surface area contributed by atoms with E-state index in [-0.39, 0.29) is 29.4 Å². The predicted molar refractivity (Wildman–Crippen MR) is 106 cm³/mol. The van der Waals surface area contributed by atoms with E-state index in [0.29, 0.717) is 32.3 Å². The van der Waals surface area contributed by atoms with Crippen molar-refractivity contribution in [1.82, 2.24) is 9.55 Å². The van der Waals surface area contributed by atoms with Crippen LogP contribution in [0.4, 0.5) is 5.69 Å². The summed E-state index contributed by atoms with van der Waals surface area (Å²) in [5.41, 5.74) is 2.21. The molecule has 0 fully saturated rings. The Morgan fingerprint density at radius 3 is 2.89 bits per heavy atom. The largest absolute Gasteiger partial charge is 0.325 e. The number of Topliss-reactive ketones (excluding diaryl/α,β-unsaturated/α-hetero) is 1. The van der Waals surface area contributed by atoms with Crippen LogP contribution in [0.5, 0.6) is 0 Å². The first-order chi connectivity index (χ1) is 12.9. The molecular weight excluding hydrogens is 386 g/mol. The fourth-order valence-corrected chi connectivity index (χ4v) is 4.12. The Hall–Kier alpha value is -2.64. The second-order valence-electron chi connectivity index (χ2n) is 6.20. The van der Waals surface area contributed by atoms with E-state index in [0.717, 1.165) is 5.56 Å². The van der Waals surface area contributed by atoms with Crippen LogP contribution in [0.3, 0.4) is 0 Å². The number of aromatic nitrogens is 2. The van der Waals surface area contributed by atoms with Gasteiger partial charge in [0.15, 0.2) is 10.9 Å². The molecule has 2 heterocycles. The summed E-state index contributed by atoms with van der Waals surface area (Å²) < 4.78 is 1.44. The molecule has 0 atom stereocenters. The van der Waals surface area contributed by atoms with E-state index in [1.165, 1.54) is 16.3 Å². The van der Waals surface area contributed by atoms with E-state index in [9.17, 15) is 14.4 Å². The fourth-order valence-electron chi connectivity index (χ4n) is 3.00. The number of nitrogens with one attached hydrogen (secondary N) is 1. The zero-order chi connectivity index (χ0) is 19.1. The number of thioether (sulfide) groups is 1. The Morgan fingerprint density at radius 2 is 2.07 bits per heavy atom. The average Bonchev–Trinajstić information content (AvgIpc) is 3.01. The van der Waals surface area contributed by atoms with Crippen LogP contribution in [0, 0.1) is 0 Å². The zero-order valence-corrected chi connectivity index (χ0v) is 15.9. The first-order valence-electron chi connectivity index (χ1n) is 8.18. The van der Waals surface area contributed by atoms with Crippen molar-refractivity contribution in [3.8, 4) is 0 Å². The molecule has 1 aromatic heterocycles. The number of anilines is 1. The highest BCUT2D eigenvalue weighted by molar-refractivity contribution is 7.99. The van der Waals surface area contributed by atoms with Gasteiger partial charge in [0.25, 0.3) is 5.56 Å². The number of rotatable bonds is 4. The van der Waals surface area contributed by atoms with Gasteiger partial charge >= 0.3 is 0 Å². The highest BCUT2D eigenvalue weighted by atomic mass is 35.5. The summed E-state index contributed by atoms with van der Waals surface area (Å²) in [5.74, 6) is -0.219. The normalized spacial score (nSPS) is 12.9. The zero-order valence-electron chi connectivity index (χ0n) is 14.3. The molecule has 1 aliphatic heterocycles. The number of benzene rings is 2. The van der Waals surface area contributed by atoms with Crippen molar-refractivity contribution in [2.75, 3.05) is 11.1 Å². The Labute approximate surface area is 163 Å². The summed E-state index contributed by atoms with van der Waals surface area (Å²) >= 11 is 7.40. The summed E-state index contributed by atoms with van der Waals surface area (Å²) in [4.78, 5) is 41.1. The van der Waals surface area contributed by atoms with E-state index < -0.39 is 0 Å². The van der Waals surface area contributed by atoms with Crippen molar-refractivity contribution in [2.45, 2.75) is 11.6 Å². The van der Waals surface area contributed by atoms with Gasteiger partial charge in [-0.25, -0.2) is 4.98 Å². The van der Waals surface area contributed by atoms with Crippen LogP contribution in [-0.2, 0) is 18.3 Å². The molecule has 6 nitrogen and oxygen atoms in total. The number of amides is 1. The van der Waals surface area contributed by atoms with Crippen LogP contribution in [-0.4, -0.2) is 27.0 Å². The van der Waals surface area contributed by atoms with Gasteiger partial charge in [-0.3, -0.25) is 19.0 Å². The predicted octanol–water partition coefficient (Wildman–Crippen LogP) is 3.06. The molecule has 0 aliphatic carbocycles. The van der Waals surface area contributed by atoms with Crippen LogP contribution in [0.2, 0.25) is 5.02 Å². The van der Waals surface area contributed by atoms with Crippen LogP contribution >= 0.6 is 23.4 Å². The van der Waals surface area contributed by atoms with Crippen LogP contribution in [0.25, 0.3) is 10.9 Å². The summed E-state index contributed by atoms with van der Waals surface area (Å²) in [7, 11) is 1.63. The van der Waals surface area contributed by atoms with E-state index in [4.69, 9.17) is 11.6 Å². The average molecular weight is 400 g/mol. The summed E-state index contributed by atoms with van der Waals surface area (Å²) in [5, 5.41) is 3.99. The van der Waals surface area contributed by atoms with Crippen molar-refractivity contribution in [2.24, 2.45) is 7.05 Å². The third kappa shape index (κ3) is 3.24. The number of hydrogen-bond donors (Lipinski definition) is 1. The Kier molecular flexibility index (Phi) is 4.49. The molecule has 0 unspecified atom stereocenters. The van der Waals surface area contributed by atoms with Gasteiger partial charge in [0.2, 0.25) is 5.91 Å².